The minimum atomic E-state index is -0.415. The summed E-state index contributed by atoms with van der Waals surface area (Å²) in [5.74, 6) is -0.338. The highest BCUT2D eigenvalue weighted by atomic mass is 19.1. The topological polar surface area (TPSA) is 85.2 Å². The van der Waals surface area contributed by atoms with Gasteiger partial charge in [0, 0.05) is 30.9 Å². The van der Waals surface area contributed by atoms with E-state index in [0.717, 1.165) is 12.8 Å². The zero-order chi connectivity index (χ0) is 19.9. The summed E-state index contributed by atoms with van der Waals surface area (Å²) in [6.45, 7) is 1.65. The van der Waals surface area contributed by atoms with Gasteiger partial charge in [-0.25, -0.2) is 9.18 Å². The number of anilines is 1. The molecule has 28 heavy (non-hydrogen) atoms. The molecule has 0 bridgehead atoms. The zero-order valence-electron chi connectivity index (χ0n) is 15.3. The van der Waals surface area contributed by atoms with Crippen LogP contribution in [0.1, 0.15) is 28.8 Å². The Hall–Kier alpha value is -3.40. The molecular weight excluding hydrogens is 359 g/mol. The van der Waals surface area contributed by atoms with Crippen LogP contribution < -0.4 is 10.6 Å². The maximum absolute atomic E-state index is 13.2. The number of rotatable bonds is 4. The van der Waals surface area contributed by atoms with Gasteiger partial charge in [-0.1, -0.05) is 6.07 Å². The van der Waals surface area contributed by atoms with E-state index in [-0.39, 0.29) is 11.8 Å². The predicted molar refractivity (Wildman–Crippen MR) is 103 cm³/mol. The van der Waals surface area contributed by atoms with E-state index in [4.69, 9.17) is 5.26 Å². The number of carbonyl (C=O) groups excluding carboxylic acids is 2. The van der Waals surface area contributed by atoms with E-state index >= 15 is 0 Å². The van der Waals surface area contributed by atoms with Crippen LogP contribution in [0.4, 0.5) is 14.9 Å². The van der Waals surface area contributed by atoms with Crippen LogP contribution >= 0.6 is 0 Å². The lowest BCUT2D eigenvalue weighted by Gasteiger charge is -2.33. The van der Waals surface area contributed by atoms with Gasteiger partial charge >= 0.3 is 6.03 Å². The molecule has 1 saturated heterocycles. The lowest BCUT2D eigenvalue weighted by molar-refractivity contribution is 0.0675. The van der Waals surface area contributed by atoms with Crippen molar-refractivity contribution in [2.75, 3.05) is 25.0 Å². The van der Waals surface area contributed by atoms with Crippen molar-refractivity contribution in [2.24, 2.45) is 5.92 Å². The van der Waals surface area contributed by atoms with Gasteiger partial charge in [-0.3, -0.25) is 4.79 Å². The zero-order valence-corrected chi connectivity index (χ0v) is 15.3. The molecule has 144 valence electrons. The normalized spacial score (nSPS) is 16.1. The van der Waals surface area contributed by atoms with Crippen molar-refractivity contribution in [1.29, 1.82) is 5.26 Å². The monoisotopic (exact) mass is 380 g/mol. The molecule has 2 N–H and O–H groups in total. The number of benzene rings is 2. The fraction of sp³-hybridized carbons (Fsp3) is 0.286. The summed E-state index contributed by atoms with van der Waals surface area (Å²) < 4.78 is 13.2. The third kappa shape index (κ3) is 5.07. The highest BCUT2D eigenvalue weighted by Crippen LogP contribution is 2.18. The van der Waals surface area contributed by atoms with Gasteiger partial charge < -0.3 is 15.5 Å². The minimum Gasteiger partial charge on any atom is -0.338 e. The van der Waals surface area contributed by atoms with Gasteiger partial charge in [0.15, 0.2) is 0 Å². The number of halogens is 1. The number of amides is 3. The Morgan fingerprint density at radius 2 is 2.00 bits per heavy atom. The average Bonchev–Trinajstić information content (AvgIpc) is 2.72. The van der Waals surface area contributed by atoms with E-state index in [0.29, 0.717) is 36.4 Å². The first kappa shape index (κ1) is 19.4. The summed E-state index contributed by atoms with van der Waals surface area (Å²) in [5, 5.41) is 14.2. The van der Waals surface area contributed by atoms with E-state index in [1.165, 1.54) is 18.2 Å². The highest BCUT2D eigenvalue weighted by molar-refractivity contribution is 5.94. The molecule has 0 aliphatic carbocycles. The number of likely N-dealkylation sites (tertiary alicyclic amines) is 1. The number of nitrogens with zero attached hydrogens (tertiary/aromatic N) is 2. The number of urea groups is 1. The molecule has 0 radical (unpaired) electrons. The van der Waals surface area contributed by atoms with Crippen LogP contribution in [-0.4, -0.2) is 36.5 Å². The first-order chi connectivity index (χ1) is 13.5. The Labute approximate surface area is 163 Å². The van der Waals surface area contributed by atoms with Crippen molar-refractivity contribution < 1.29 is 14.0 Å². The molecule has 1 aliphatic rings. The van der Waals surface area contributed by atoms with Gasteiger partial charge in [-0.05, 0) is 61.2 Å². The number of nitriles is 1. The van der Waals surface area contributed by atoms with Crippen LogP contribution in [-0.2, 0) is 0 Å². The molecule has 0 spiro atoms. The second-order valence-electron chi connectivity index (χ2n) is 6.79. The van der Waals surface area contributed by atoms with Crippen LogP contribution in [0, 0.1) is 23.1 Å². The van der Waals surface area contributed by atoms with Gasteiger partial charge in [-0.2, -0.15) is 5.26 Å². The molecule has 2 aromatic rings. The molecular formula is C21H21FN4O2. The largest absolute Gasteiger partial charge is 0.338 e. The number of piperidine rings is 1. The fourth-order valence-corrected chi connectivity index (χ4v) is 3.26. The third-order valence-corrected chi connectivity index (χ3v) is 4.70. The van der Waals surface area contributed by atoms with Crippen LogP contribution in [0.3, 0.4) is 0 Å². The molecule has 0 aromatic heterocycles. The van der Waals surface area contributed by atoms with Crippen molar-refractivity contribution in [1.82, 2.24) is 10.2 Å². The lowest BCUT2D eigenvalue weighted by Crippen LogP contribution is -2.44. The molecule has 1 heterocycles. The van der Waals surface area contributed by atoms with E-state index in [9.17, 15) is 14.0 Å². The molecule has 1 atom stereocenters. The third-order valence-electron chi connectivity index (χ3n) is 4.70. The van der Waals surface area contributed by atoms with Crippen molar-refractivity contribution >= 4 is 17.6 Å². The standard InChI is InChI=1S/C21H21FN4O2/c22-18-4-1-5-19(11-18)25-21(28)24-13-16-3-2-10-26(14-16)20(27)17-8-6-15(12-23)7-9-17/h1,4-9,11,16H,2-3,10,13-14H2,(H2,24,25,28). The second kappa shape index (κ2) is 9.00. The predicted octanol–water partition coefficient (Wildman–Crippen LogP) is 3.37. The Morgan fingerprint density at radius 1 is 1.21 bits per heavy atom. The van der Waals surface area contributed by atoms with E-state index in [2.05, 4.69) is 10.6 Å². The molecule has 6 nitrogen and oxygen atoms in total. The van der Waals surface area contributed by atoms with Gasteiger partial charge in [-0.15, -0.1) is 0 Å². The van der Waals surface area contributed by atoms with Crippen LogP contribution in [0.2, 0.25) is 0 Å². The van der Waals surface area contributed by atoms with Gasteiger partial charge in [0.1, 0.15) is 5.82 Å². The summed E-state index contributed by atoms with van der Waals surface area (Å²) in [5.41, 5.74) is 1.46. The first-order valence-electron chi connectivity index (χ1n) is 9.15. The molecule has 7 heteroatoms. The summed E-state index contributed by atoms with van der Waals surface area (Å²) in [6, 6.07) is 13.9. The molecule has 0 saturated carbocycles. The molecule has 1 fully saturated rings. The molecule has 1 unspecified atom stereocenters. The van der Waals surface area contributed by atoms with E-state index in [1.807, 2.05) is 6.07 Å². The highest BCUT2D eigenvalue weighted by Gasteiger charge is 2.24. The molecule has 3 rings (SSSR count). The molecule has 3 amide bonds. The summed E-state index contributed by atoms with van der Waals surface area (Å²) in [7, 11) is 0. The Morgan fingerprint density at radius 3 is 2.71 bits per heavy atom. The number of nitrogens with one attached hydrogen (secondary N) is 2. The maximum atomic E-state index is 13.2. The quantitative estimate of drug-likeness (QED) is 0.853. The smallest absolute Gasteiger partial charge is 0.319 e. The fourth-order valence-electron chi connectivity index (χ4n) is 3.26. The van der Waals surface area contributed by atoms with Gasteiger partial charge in [0.2, 0.25) is 0 Å². The lowest BCUT2D eigenvalue weighted by atomic mass is 9.97. The summed E-state index contributed by atoms with van der Waals surface area (Å²) >= 11 is 0. The van der Waals surface area contributed by atoms with Crippen molar-refractivity contribution in [3.05, 3.63) is 65.5 Å². The summed E-state index contributed by atoms with van der Waals surface area (Å²) in [4.78, 5) is 26.5. The van der Waals surface area contributed by atoms with Crippen molar-refractivity contribution in [3.63, 3.8) is 0 Å². The Kier molecular flexibility index (Phi) is 6.22. The van der Waals surface area contributed by atoms with Crippen molar-refractivity contribution in [2.45, 2.75) is 12.8 Å². The average molecular weight is 380 g/mol. The number of hydrogen-bond acceptors (Lipinski definition) is 3. The van der Waals surface area contributed by atoms with E-state index in [1.54, 1.807) is 35.2 Å². The Bertz CT molecular complexity index is 892. The van der Waals surface area contributed by atoms with E-state index < -0.39 is 11.8 Å². The number of carbonyl (C=O) groups is 2. The van der Waals surface area contributed by atoms with Gasteiger partial charge in [0.25, 0.3) is 5.91 Å². The Balaban J connectivity index is 1.51. The molecule has 2 aromatic carbocycles. The summed E-state index contributed by atoms with van der Waals surface area (Å²) in [6.07, 6.45) is 1.78. The number of hydrogen-bond donors (Lipinski definition) is 2. The SMILES string of the molecule is N#Cc1ccc(C(=O)N2CCCC(CNC(=O)Nc3cccc(F)c3)C2)cc1. The van der Waals surface area contributed by atoms with Gasteiger partial charge in [0.05, 0.1) is 11.6 Å². The van der Waals surface area contributed by atoms with Crippen LogP contribution in [0.25, 0.3) is 0 Å². The minimum absolute atomic E-state index is 0.0709. The maximum Gasteiger partial charge on any atom is 0.319 e. The van der Waals surface area contributed by atoms with Crippen LogP contribution in [0.15, 0.2) is 48.5 Å². The molecule has 1 aliphatic heterocycles. The van der Waals surface area contributed by atoms with Crippen molar-refractivity contribution in [3.8, 4) is 6.07 Å². The second-order valence-corrected chi connectivity index (χ2v) is 6.79. The first-order valence-corrected chi connectivity index (χ1v) is 9.15. The van der Waals surface area contributed by atoms with Crippen LogP contribution in [0.5, 0.6) is 0 Å².